The molecule has 2 heterocycles. The highest BCUT2D eigenvalue weighted by Gasteiger charge is 2.33. The van der Waals surface area contributed by atoms with Crippen molar-refractivity contribution in [3.8, 4) is 5.75 Å². The largest absolute Gasteiger partial charge is 0.497 e. The SMILES string of the molecule is COc1ccc2c(c1)N1CCNCC1CN2C(C)C. The Morgan fingerprint density at radius 2 is 2.16 bits per heavy atom. The number of nitrogens with one attached hydrogen (secondary N) is 1. The molecule has 0 aliphatic carbocycles. The predicted molar refractivity (Wildman–Crippen MR) is 79.5 cm³/mol. The summed E-state index contributed by atoms with van der Waals surface area (Å²) in [6, 6.07) is 7.54. The third-order valence-corrected chi connectivity index (χ3v) is 4.18. The quantitative estimate of drug-likeness (QED) is 0.877. The Balaban J connectivity index is 2.04. The number of hydrogen-bond donors (Lipinski definition) is 1. The van der Waals surface area contributed by atoms with Gasteiger partial charge >= 0.3 is 0 Å². The number of ether oxygens (including phenoxy) is 1. The number of hydrogen-bond acceptors (Lipinski definition) is 4. The molecule has 3 rings (SSSR count). The average molecular weight is 261 g/mol. The van der Waals surface area contributed by atoms with Gasteiger partial charge in [-0.1, -0.05) is 0 Å². The van der Waals surface area contributed by atoms with E-state index >= 15 is 0 Å². The number of nitrogens with zero attached hydrogens (tertiary/aromatic N) is 2. The Morgan fingerprint density at radius 3 is 2.89 bits per heavy atom. The van der Waals surface area contributed by atoms with Crippen LogP contribution in [0.25, 0.3) is 0 Å². The maximum absolute atomic E-state index is 5.39. The molecule has 4 nitrogen and oxygen atoms in total. The van der Waals surface area contributed by atoms with Crippen molar-refractivity contribution < 1.29 is 4.74 Å². The zero-order valence-electron chi connectivity index (χ0n) is 12.0. The van der Waals surface area contributed by atoms with Gasteiger partial charge in [-0.3, -0.25) is 0 Å². The zero-order valence-corrected chi connectivity index (χ0v) is 12.0. The molecule has 0 aromatic heterocycles. The molecule has 1 saturated heterocycles. The van der Waals surface area contributed by atoms with Crippen molar-refractivity contribution in [1.82, 2.24) is 5.32 Å². The topological polar surface area (TPSA) is 27.7 Å². The van der Waals surface area contributed by atoms with Gasteiger partial charge in [0.15, 0.2) is 0 Å². The summed E-state index contributed by atoms with van der Waals surface area (Å²) in [4.78, 5) is 5.04. The van der Waals surface area contributed by atoms with E-state index < -0.39 is 0 Å². The van der Waals surface area contributed by atoms with E-state index in [1.54, 1.807) is 7.11 Å². The normalized spacial score (nSPS) is 22.2. The Labute approximate surface area is 115 Å². The first kappa shape index (κ1) is 12.6. The second-order valence-corrected chi connectivity index (χ2v) is 5.65. The van der Waals surface area contributed by atoms with E-state index in [4.69, 9.17) is 4.74 Å². The smallest absolute Gasteiger partial charge is 0.121 e. The molecule has 1 atom stereocenters. The molecule has 104 valence electrons. The summed E-state index contributed by atoms with van der Waals surface area (Å²) in [7, 11) is 1.74. The number of methoxy groups -OCH3 is 1. The van der Waals surface area contributed by atoms with Crippen molar-refractivity contribution in [2.45, 2.75) is 25.9 Å². The highest BCUT2D eigenvalue weighted by molar-refractivity contribution is 5.76. The molecule has 19 heavy (non-hydrogen) atoms. The minimum atomic E-state index is 0.524. The molecule has 4 heteroatoms. The fraction of sp³-hybridized carbons (Fsp3) is 0.600. The number of anilines is 2. The molecule has 1 fully saturated rings. The van der Waals surface area contributed by atoms with Crippen LogP contribution in [0.3, 0.4) is 0 Å². The van der Waals surface area contributed by atoms with Gasteiger partial charge in [-0.2, -0.15) is 0 Å². The van der Waals surface area contributed by atoms with E-state index in [9.17, 15) is 0 Å². The monoisotopic (exact) mass is 261 g/mol. The Kier molecular flexibility index (Phi) is 3.27. The van der Waals surface area contributed by atoms with Crippen LogP contribution in [-0.2, 0) is 0 Å². The summed E-state index contributed by atoms with van der Waals surface area (Å²) in [6.45, 7) is 8.84. The van der Waals surface area contributed by atoms with Gasteiger partial charge in [0.2, 0.25) is 0 Å². The van der Waals surface area contributed by atoms with E-state index in [2.05, 4.69) is 47.2 Å². The molecular formula is C15H23N3O. The molecule has 0 radical (unpaired) electrons. The lowest BCUT2D eigenvalue weighted by Crippen LogP contribution is -2.59. The Morgan fingerprint density at radius 1 is 1.32 bits per heavy atom. The van der Waals surface area contributed by atoms with E-state index in [1.807, 2.05) is 0 Å². The number of fused-ring (bicyclic) bond motifs is 3. The van der Waals surface area contributed by atoms with Crippen molar-refractivity contribution in [1.29, 1.82) is 0 Å². The zero-order chi connectivity index (χ0) is 13.4. The summed E-state index contributed by atoms with van der Waals surface area (Å²) in [6.07, 6.45) is 0. The maximum Gasteiger partial charge on any atom is 0.121 e. The standard InChI is InChI=1S/C15H23N3O/c1-11(2)18-10-12-9-16-6-7-17(12)15-8-13(19-3)4-5-14(15)18/h4-5,8,11-12,16H,6-7,9-10H2,1-3H3. The second-order valence-electron chi connectivity index (χ2n) is 5.65. The third kappa shape index (κ3) is 2.14. The minimum Gasteiger partial charge on any atom is -0.497 e. The third-order valence-electron chi connectivity index (χ3n) is 4.18. The van der Waals surface area contributed by atoms with Crippen LogP contribution in [0.15, 0.2) is 18.2 Å². The molecule has 0 bridgehead atoms. The molecular weight excluding hydrogens is 238 g/mol. The molecule has 0 amide bonds. The first-order chi connectivity index (χ1) is 9.20. The number of benzene rings is 1. The predicted octanol–water partition coefficient (Wildman–Crippen LogP) is 1.70. The van der Waals surface area contributed by atoms with E-state index in [-0.39, 0.29) is 0 Å². The first-order valence-corrected chi connectivity index (χ1v) is 7.12. The number of piperazine rings is 1. The summed E-state index contributed by atoms with van der Waals surface area (Å²) < 4.78 is 5.39. The molecule has 1 N–H and O–H groups in total. The second kappa shape index (κ2) is 4.93. The Hall–Kier alpha value is -1.42. The van der Waals surface area contributed by atoms with Gasteiger partial charge in [0.25, 0.3) is 0 Å². The van der Waals surface area contributed by atoms with Crippen LogP contribution in [0.4, 0.5) is 11.4 Å². The highest BCUT2D eigenvalue weighted by Crippen LogP contribution is 2.39. The molecule has 1 aromatic rings. The van der Waals surface area contributed by atoms with Crippen molar-refractivity contribution in [2.75, 3.05) is 43.1 Å². The van der Waals surface area contributed by atoms with Crippen molar-refractivity contribution in [3.05, 3.63) is 18.2 Å². The van der Waals surface area contributed by atoms with Gasteiger partial charge in [-0.15, -0.1) is 0 Å². The van der Waals surface area contributed by atoms with E-state index in [0.29, 0.717) is 12.1 Å². The lowest BCUT2D eigenvalue weighted by atomic mass is 10.0. The van der Waals surface area contributed by atoms with Gasteiger partial charge in [0, 0.05) is 38.3 Å². The van der Waals surface area contributed by atoms with Crippen LogP contribution in [0.1, 0.15) is 13.8 Å². The molecule has 2 aliphatic rings. The van der Waals surface area contributed by atoms with Gasteiger partial charge in [-0.05, 0) is 26.0 Å². The first-order valence-electron chi connectivity index (χ1n) is 7.12. The molecule has 1 unspecified atom stereocenters. The fourth-order valence-corrected chi connectivity index (χ4v) is 3.16. The van der Waals surface area contributed by atoms with Crippen LogP contribution in [0.2, 0.25) is 0 Å². The van der Waals surface area contributed by atoms with Crippen LogP contribution in [0, 0.1) is 0 Å². The summed E-state index contributed by atoms with van der Waals surface area (Å²) in [5, 5.41) is 3.50. The van der Waals surface area contributed by atoms with Crippen molar-refractivity contribution >= 4 is 11.4 Å². The van der Waals surface area contributed by atoms with Gasteiger partial charge in [-0.25, -0.2) is 0 Å². The van der Waals surface area contributed by atoms with Crippen LogP contribution < -0.4 is 19.9 Å². The van der Waals surface area contributed by atoms with Gasteiger partial charge in [0.1, 0.15) is 5.75 Å². The lowest BCUT2D eigenvalue weighted by Gasteiger charge is -2.48. The van der Waals surface area contributed by atoms with Crippen LogP contribution >= 0.6 is 0 Å². The number of rotatable bonds is 2. The summed E-state index contributed by atoms with van der Waals surface area (Å²) in [5.74, 6) is 0.946. The Bertz CT molecular complexity index is 461. The highest BCUT2D eigenvalue weighted by atomic mass is 16.5. The average Bonchev–Trinajstić information content (AvgIpc) is 2.45. The van der Waals surface area contributed by atoms with Crippen molar-refractivity contribution in [3.63, 3.8) is 0 Å². The summed E-state index contributed by atoms with van der Waals surface area (Å²) >= 11 is 0. The lowest BCUT2D eigenvalue weighted by molar-refractivity contribution is 0.412. The van der Waals surface area contributed by atoms with Gasteiger partial charge < -0.3 is 19.9 Å². The molecule has 0 saturated carbocycles. The van der Waals surface area contributed by atoms with E-state index in [0.717, 1.165) is 31.9 Å². The van der Waals surface area contributed by atoms with Gasteiger partial charge in [0.05, 0.1) is 24.5 Å². The maximum atomic E-state index is 5.39. The minimum absolute atomic E-state index is 0.524. The van der Waals surface area contributed by atoms with E-state index in [1.165, 1.54) is 11.4 Å². The van der Waals surface area contributed by atoms with Crippen LogP contribution in [-0.4, -0.2) is 45.4 Å². The van der Waals surface area contributed by atoms with Crippen LogP contribution in [0.5, 0.6) is 5.75 Å². The molecule has 0 spiro atoms. The fourth-order valence-electron chi connectivity index (χ4n) is 3.16. The van der Waals surface area contributed by atoms with Crippen molar-refractivity contribution in [2.24, 2.45) is 0 Å². The molecule has 2 aliphatic heterocycles. The molecule has 1 aromatic carbocycles. The summed E-state index contributed by atoms with van der Waals surface area (Å²) in [5.41, 5.74) is 2.67.